The van der Waals surface area contributed by atoms with Crippen LogP contribution in [0.4, 0.5) is 13.2 Å². The van der Waals surface area contributed by atoms with Crippen LogP contribution in [0.15, 0.2) is 42.5 Å². The van der Waals surface area contributed by atoms with E-state index in [4.69, 9.17) is 4.74 Å². The van der Waals surface area contributed by atoms with E-state index >= 15 is 0 Å². The molecular formula is C13H11F3O4. The van der Waals surface area contributed by atoms with Crippen molar-refractivity contribution in [3.63, 3.8) is 0 Å². The van der Waals surface area contributed by atoms with Crippen molar-refractivity contribution < 1.29 is 32.2 Å². The Bertz CT molecular complexity index is 480. The fraction of sp³-hybridized carbons (Fsp3) is 0.231. The SMILES string of the molecule is O=C(/C=C/COC(=O)C(F)(F)F)OCc1ccccc1. The first-order valence-electron chi connectivity index (χ1n) is 5.51. The Morgan fingerprint density at radius 2 is 1.75 bits per heavy atom. The van der Waals surface area contributed by atoms with Gasteiger partial charge in [0, 0.05) is 6.08 Å². The lowest BCUT2D eigenvalue weighted by Crippen LogP contribution is -2.25. The third-order valence-electron chi connectivity index (χ3n) is 2.02. The number of halogens is 3. The molecule has 0 aromatic heterocycles. The van der Waals surface area contributed by atoms with Crippen LogP contribution in [-0.4, -0.2) is 24.7 Å². The van der Waals surface area contributed by atoms with Gasteiger partial charge >= 0.3 is 18.1 Å². The van der Waals surface area contributed by atoms with Crippen molar-refractivity contribution in [3.05, 3.63) is 48.0 Å². The number of benzene rings is 1. The summed E-state index contributed by atoms with van der Waals surface area (Å²) in [7, 11) is 0. The lowest BCUT2D eigenvalue weighted by atomic mass is 10.2. The second-order valence-corrected chi connectivity index (χ2v) is 3.59. The summed E-state index contributed by atoms with van der Waals surface area (Å²) in [6.07, 6.45) is -3.18. The van der Waals surface area contributed by atoms with E-state index in [2.05, 4.69) is 4.74 Å². The Labute approximate surface area is 112 Å². The van der Waals surface area contributed by atoms with E-state index < -0.39 is 24.7 Å². The Hall–Kier alpha value is -2.31. The van der Waals surface area contributed by atoms with Gasteiger partial charge in [-0.2, -0.15) is 13.2 Å². The number of carbonyl (C=O) groups excluding carboxylic acids is 2. The molecule has 0 radical (unpaired) electrons. The van der Waals surface area contributed by atoms with E-state index in [-0.39, 0.29) is 6.61 Å². The molecule has 0 aliphatic heterocycles. The van der Waals surface area contributed by atoms with E-state index in [0.29, 0.717) is 0 Å². The van der Waals surface area contributed by atoms with Gasteiger partial charge in [-0.1, -0.05) is 30.3 Å². The zero-order chi connectivity index (χ0) is 15.0. The summed E-state index contributed by atoms with van der Waals surface area (Å²) in [4.78, 5) is 21.5. The van der Waals surface area contributed by atoms with E-state index in [1.54, 1.807) is 30.3 Å². The van der Waals surface area contributed by atoms with Crippen LogP contribution in [0, 0.1) is 0 Å². The molecule has 0 bridgehead atoms. The third kappa shape index (κ3) is 6.03. The van der Waals surface area contributed by atoms with Crippen LogP contribution in [0.25, 0.3) is 0 Å². The molecule has 0 fully saturated rings. The van der Waals surface area contributed by atoms with Crippen molar-refractivity contribution in [1.82, 2.24) is 0 Å². The molecule has 0 spiro atoms. The Morgan fingerprint density at radius 1 is 1.10 bits per heavy atom. The van der Waals surface area contributed by atoms with Crippen molar-refractivity contribution in [2.24, 2.45) is 0 Å². The molecule has 0 aliphatic rings. The van der Waals surface area contributed by atoms with Crippen LogP contribution in [0.3, 0.4) is 0 Å². The zero-order valence-corrected chi connectivity index (χ0v) is 10.2. The second kappa shape index (κ2) is 7.32. The quantitative estimate of drug-likeness (QED) is 0.616. The molecule has 0 saturated carbocycles. The highest BCUT2D eigenvalue weighted by molar-refractivity contribution is 5.82. The molecular weight excluding hydrogens is 277 g/mol. The summed E-state index contributed by atoms with van der Waals surface area (Å²) in [6, 6.07) is 8.86. The summed E-state index contributed by atoms with van der Waals surface area (Å²) >= 11 is 0. The summed E-state index contributed by atoms with van der Waals surface area (Å²) in [5, 5.41) is 0. The van der Waals surface area contributed by atoms with Crippen LogP contribution in [0.2, 0.25) is 0 Å². The van der Waals surface area contributed by atoms with Gasteiger partial charge < -0.3 is 9.47 Å². The average Bonchev–Trinajstić information content (AvgIpc) is 2.41. The second-order valence-electron chi connectivity index (χ2n) is 3.59. The average molecular weight is 288 g/mol. The molecule has 1 aromatic carbocycles. The van der Waals surface area contributed by atoms with Crippen molar-refractivity contribution in [1.29, 1.82) is 0 Å². The molecule has 0 heterocycles. The predicted octanol–water partition coefficient (Wildman–Crippen LogP) is 2.39. The molecule has 20 heavy (non-hydrogen) atoms. The van der Waals surface area contributed by atoms with Gasteiger partial charge in [-0.15, -0.1) is 0 Å². The first-order valence-corrected chi connectivity index (χ1v) is 5.51. The minimum absolute atomic E-state index is 0.0480. The first-order chi connectivity index (χ1) is 9.39. The number of ether oxygens (including phenoxy) is 2. The summed E-state index contributed by atoms with van der Waals surface area (Å²) in [5.41, 5.74) is 0.776. The van der Waals surface area contributed by atoms with E-state index in [1.165, 1.54) is 0 Å². The van der Waals surface area contributed by atoms with Crippen molar-refractivity contribution in [2.75, 3.05) is 6.61 Å². The Balaban J connectivity index is 2.26. The minimum atomic E-state index is -5.04. The standard InChI is InChI=1S/C13H11F3O4/c14-13(15,16)12(18)19-8-4-7-11(17)20-9-10-5-2-1-3-6-10/h1-7H,8-9H2/b7-4+. The molecule has 4 nitrogen and oxygen atoms in total. The largest absolute Gasteiger partial charge is 0.490 e. The van der Waals surface area contributed by atoms with Gasteiger partial charge in [0.05, 0.1) is 0 Å². The number of alkyl halides is 3. The maximum Gasteiger partial charge on any atom is 0.490 e. The fourth-order valence-corrected chi connectivity index (χ4v) is 1.13. The van der Waals surface area contributed by atoms with Gasteiger partial charge in [0.2, 0.25) is 0 Å². The molecule has 1 rings (SSSR count). The van der Waals surface area contributed by atoms with E-state index in [0.717, 1.165) is 17.7 Å². The van der Waals surface area contributed by atoms with Crippen molar-refractivity contribution in [3.8, 4) is 0 Å². The molecule has 0 unspecified atom stereocenters. The van der Waals surface area contributed by atoms with Gasteiger partial charge in [-0.25, -0.2) is 9.59 Å². The topological polar surface area (TPSA) is 52.6 Å². The molecule has 0 atom stereocenters. The number of esters is 2. The number of hydrogen-bond acceptors (Lipinski definition) is 4. The van der Waals surface area contributed by atoms with E-state index in [9.17, 15) is 22.8 Å². The molecule has 7 heteroatoms. The van der Waals surface area contributed by atoms with Crippen LogP contribution >= 0.6 is 0 Å². The maximum absolute atomic E-state index is 11.8. The number of carbonyl (C=O) groups is 2. The van der Waals surface area contributed by atoms with Gasteiger partial charge in [0.1, 0.15) is 13.2 Å². The van der Waals surface area contributed by atoms with Gasteiger partial charge in [0.25, 0.3) is 0 Å². The summed E-state index contributed by atoms with van der Waals surface area (Å²) in [6.45, 7) is -0.606. The smallest absolute Gasteiger partial charge is 0.458 e. The highest BCUT2D eigenvalue weighted by Gasteiger charge is 2.40. The number of rotatable bonds is 5. The fourth-order valence-electron chi connectivity index (χ4n) is 1.13. The first kappa shape index (κ1) is 15.7. The molecule has 1 aromatic rings. The molecule has 108 valence electrons. The molecule has 0 aliphatic carbocycles. The van der Waals surface area contributed by atoms with Crippen LogP contribution in [-0.2, 0) is 25.7 Å². The zero-order valence-electron chi connectivity index (χ0n) is 10.2. The van der Waals surface area contributed by atoms with Crippen molar-refractivity contribution >= 4 is 11.9 Å². The van der Waals surface area contributed by atoms with Gasteiger partial charge in [-0.05, 0) is 11.6 Å². The van der Waals surface area contributed by atoms with Crippen LogP contribution < -0.4 is 0 Å². The third-order valence-corrected chi connectivity index (χ3v) is 2.02. The van der Waals surface area contributed by atoms with E-state index in [1.807, 2.05) is 0 Å². The maximum atomic E-state index is 11.8. The molecule has 0 N–H and O–H groups in total. The highest BCUT2D eigenvalue weighted by atomic mass is 19.4. The van der Waals surface area contributed by atoms with Gasteiger partial charge in [-0.3, -0.25) is 0 Å². The van der Waals surface area contributed by atoms with Crippen molar-refractivity contribution in [2.45, 2.75) is 12.8 Å². The predicted molar refractivity (Wildman–Crippen MR) is 62.4 cm³/mol. The monoisotopic (exact) mass is 288 g/mol. The summed E-state index contributed by atoms with van der Waals surface area (Å²) in [5.74, 6) is -3.04. The lowest BCUT2D eigenvalue weighted by molar-refractivity contribution is -0.198. The Morgan fingerprint density at radius 3 is 2.35 bits per heavy atom. The Kier molecular flexibility index (Phi) is 5.76. The lowest BCUT2D eigenvalue weighted by Gasteiger charge is -2.04. The molecule has 0 amide bonds. The van der Waals surface area contributed by atoms with Gasteiger partial charge in [0.15, 0.2) is 0 Å². The highest BCUT2D eigenvalue weighted by Crippen LogP contribution is 2.16. The normalized spacial score (nSPS) is 11.3. The summed E-state index contributed by atoms with van der Waals surface area (Å²) < 4.78 is 43.9. The molecule has 0 saturated heterocycles. The van der Waals surface area contributed by atoms with Crippen LogP contribution in [0.5, 0.6) is 0 Å². The minimum Gasteiger partial charge on any atom is -0.458 e. The van der Waals surface area contributed by atoms with Crippen LogP contribution in [0.1, 0.15) is 5.56 Å². The number of hydrogen-bond donors (Lipinski definition) is 0.